The van der Waals surface area contributed by atoms with Crippen molar-refractivity contribution in [2.75, 3.05) is 10.0 Å². The minimum Gasteiger partial charge on any atom is -0.593 e. The van der Waals surface area contributed by atoms with Gasteiger partial charge in [0.25, 0.3) is 10.9 Å². The normalized spacial score (nSPS) is 20.4. The van der Waals surface area contributed by atoms with E-state index in [-0.39, 0.29) is 17.4 Å². The van der Waals surface area contributed by atoms with Gasteiger partial charge >= 0.3 is 0 Å². The van der Waals surface area contributed by atoms with Gasteiger partial charge in [-0.15, -0.1) is 0 Å². The summed E-state index contributed by atoms with van der Waals surface area (Å²) >= 11 is -1.47. The van der Waals surface area contributed by atoms with Gasteiger partial charge in [-0.25, -0.2) is 4.72 Å². The molecule has 4 atom stereocenters. The monoisotopic (exact) mass is 496 g/mol. The van der Waals surface area contributed by atoms with E-state index in [2.05, 4.69) is 77.6 Å². The summed E-state index contributed by atoms with van der Waals surface area (Å²) in [5.41, 5.74) is -0.208. The Morgan fingerprint density at radius 2 is 1.44 bits per heavy atom. The van der Waals surface area contributed by atoms with E-state index in [0.29, 0.717) is 11.6 Å². The lowest BCUT2D eigenvalue weighted by Gasteiger charge is -2.34. The molecule has 3 aromatic rings. The maximum Gasteiger partial charge on any atom is 0.257 e. The third-order valence-electron chi connectivity index (χ3n) is 6.61. The molecule has 5 nitrogen and oxygen atoms in total. The van der Waals surface area contributed by atoms with E-state index in [1.54, 1.807) is 0 Å². The van der Waals surface area contributed by atoms with Gasteiger partial charge in [0.2, 0.25) is 0 Å². The summed E-state index contributed by atoms with van der Waals surface area (Å²) in [5.74, 6) is 0.358. The molecule has 0 radical (unpaired) electrons. The molecule has 34 heavy (non-hydrogen) atoms. The second-order valence-corrected chi connectivity index (χ2v) is 14.4. The third kappa shape index (κ3) is 5.10. The van der Waals surface area contributed by atoms with Gasteiger partial charge in [0.1, 0.15) is 10.4 Å². The molecule has 1 saturated carbocycles. The van der Waals surface area contributed by atoms with Gasteiger partial charge in [0.05, 0.1) is 11.4 Å². The molecule has 2 N–H and O–H groups in total. The SMILES string of the molecule is C[C@@H](Nc1c(N[S@+]([O-])C(C)(C)C)c(=O)c1=O)[C@@H]1CCCC1P(c1ccccc1)c1ccccc1. The fourth-order valence-corrected chi connectivity index (χ4v) is 8.76. The summed E-state index contributed by atoms with van der Waals surface area (Å²) in [6.45, 7) is 7.59. The van der Waals surface area contributed by atoms with Gasteiger partial charge in [0.15, 0.2) is 5.69 Å². The highest BCUT2D eigenvalue weighted by atomic mass is 32.2. The van der Waals surface area contributed by atoms with Crippen LogP contribution in [0.25, 0.3) is 0 Å². The highest BCUT2D eigenvalue weighted by Crippen LogP contribution is 2.51. The van der Waals surface area contributed by atoms with E-state index in [0.717, 1.165) is 19.3 Å². The summed E-state index contributed by atoms with van der Waals surface area (Å²) in [6.07, 6.45) is 3.35. The van der Waals surface area contributed by atoms with Crippen LogP contribution in [0.5, 0.6) is 0 Å². The first-order chi connectivity index (χ1) is 16.2. The summed E-state index contributed by atoms with van der Waals surface area (Å²) in [6, 6.07) is 21.5. The first-order valence-electron chi connectivity index (χ1n) is 11.9. The molecule has 0 aliphatic heterocycles. The number of rotatable bonds is 8. The van der Waals surface area contributed by atoms with Crippen LogP contribution in [0.2, 0.25) is 0 Å². The Bertz CT molecular complexity index is 1130. The van der Waals surface area contributed by atoms with Crippen LogP contribution in [0.3, 0.4) is 0 Å². The van der Waals surface area contributed by atoms with Crippen LogP contribution in [0.15, 0.2) is 70.3 Å². The van der Waals surface area contributed by atoms with Gasteiger partial charge in [-0.1, -0.05) is 67.1 Å². The van der Waals surface area contributed by atoms with Crippen LogP contribution >= 0.6 is 7.92 Å². The van der Waals surface area contributed by atoms with Gasteiger partial charge in [0, 0.05) is 6.04 Å². The molecule has 0 saturated heterocycles. The van der Waals surface area contributed by atoms with Crippen molar-refractivity contribution in [3.05, 3.63) is 81.1 Å². The van der Waals surface area contributed by atoms with E-state index in [4.69, 9.17) is 0 Å². The lowest BCUT2D eigenvalue weighted by Crippen LogP contribution is -2.44. The van der Waals surface area contributed by atoms with Crippen LogP contribution < -0.4 is 31.5 Å². The van der Waals surface area contributed by atoms with Crippen molar-refractivity contribution >= 4 is 41.3 Å². The number of anilines is 2. The highest BCUT2D eigenvalue weighted by Gasteiger charge is 2.39. The predicted octanol–water partition coefficient (Wildman–Crippen LogP) is 4.26. The number of hydrogen-bond acceptors (Lipinski definition) is 5. The summed E-state index contributed by atoms with van der Waals surface area (Å²) < 4.78 is 14.8. The van der Waals surface area contributed by atoms with Gasteiger partial charge in [-0.05, 0) is 70.6 Å². The molecule has 1 aliphatic rings. The molecule has 7 heteroatoms. The topological polar surface area (TPSA) is 81.3 Å². The third-order valence-corrected chi connectivity index (χ3v) is 11.1. The lowest BCUT2D eigenvalue weighted by atomic mass is 9.98. The zero-order valence-corrected chi connectivity index (χ0v) is 21.9. The Kier molecular flexibility index (Phi) is 7.51. The van der Waals surface area contributed by atoms with E-state index in [1.807, 2.05) is 20.8 Å². The van der Waals surface area contributed by atoms with E-state index >= 15 is 0 Å². The Labute approximate surface area is 206 Å². The molecule has 3 aromatic carbocycles. The minimum atomic E-state index is -1.47. The Morgan fingerprint density at radius 1 is 0.912 bits per heavy atom. The smallest absolute Gasteiger partial charge is 0.257 e. The first kappa shape index (κ1) is 25.0. The largest absolute Gasteiger partial charge is 0.593 e. The van der Waals surface area contributed by atoms with Crippen molar-refractivity contribution in [1.82, 2.24) is 0 Å². The molecule has 0 bridgehead atoms. The number of hydrogen-bond donors (Lipinski definition) is 2. The summed E-state index contributed by atoms with van der Waals surface area (Å²) in [5, 5.41) is 6.09. The number of benzene rings is 2. The van der Waals surface area contributed by atoms with Gasteiger partial charge in [-0.3, -0.25) is 9.59 Å². The second-order valence-electron chi connectivity index (χ2n) is 10.0. The Morgan fingerprint density at radius 3 is 1.97 bits per heavy atom. The van der Waals surface area contributed by atoms with Crippen molar-refractivity contribution in [1.29, 1.82) is 0 Å². The fourth-order valence-electron chi connectivity index (χ4n) is 4.79. The van der Waals surface area contributed by atoms with E-state index in [1.165, 1.54) is 10.6 Å². The lowest BCUT2D eigenvalue weighted by molar-refractivity contribution is 0.489. The second kappa shape index (κ2) is 10.2. The Balaban J connectivity index is 1.59. The van der Waals surface area contributed by atoms with Crippen molar-refractivity contribution in [3.8, 4) is 0 Å². The van der Waals surface area contributed by atoms with Crippen molar-refractivity contribution in [2.45, 2.75) is 63.4 Å². The van der Waals surface area contributed by atoms with Gasteiger partial charge < -0.3 is 9.87 Å². The molecular formula is C27H33N2O3PS. The zero-order chi connectivity index (χ0) is 24.5. The average molecular weight is 497 g/mol. The summed E-state index contributed by atoms with van der Waals surface area (Å²) in [4.78, 5) is 24.6. The quantitative estimate of drug-likeness (QED) is 0.277. The van der Waals surface area contributed by atoms with E-state index in [9.17, 15) is 14.1 Å². The average Bonchev–Trinajstić information content (AvgIpc) is 3.31. The van der Waals surface area contributed by atoms with Crippen LogP contribution in [-0.2, 0) is 11.4 Å². The molecule has 1 aliphatic carbocycles. The first-order valence-corrected chi connectivity index (χ1v) is 14.4. The fraction of sp³-hybridized carbons (Fsp3) is 0.407. The molecule has 1 fully saturated rings. The van der Waals surface area contributed by atoms with Crippen molar-refractivity contribution in [2.24, 2.45) is 5.92 Å². The molecule has 0 amide bonds. The number of nitrogens with one attached hydrogen (secondary N) is 2. The minimum absolute atomic E-state index is 0.0110. The predicted molar refractivity (Wildman–Crippen MR) is 146 cm³/mol. The molecule has 0 spiro atoms. The van der Waals surface area contributed by atoms with Crippen LogP contribution in [0.1, 0.15) is 47.0 Å². The van der Waals surface area contributed by atoms with Crippen LogP contribution in [0, 0.1) is 5.92 Å². The van der Waals surface area contributed by atoms with Crippen LogP contribution in [-0.4, -0.2) is 21.0 Å². The standard InChI is InChI=1S/C27H33N2O3PS/c1-18(28-23-24(26(31)25(23)30)29-34(32)27(2,3)4)21-16-11-17-22(21)33(19-12-7-5-8-13-19)20-14-9-6-10-15-20/h5-10,12-15,18,21-22,28-29H,11,16-17H2,1-4H3/t18-,21+,22?,34-/m1/s1. The molecular weight excluding hydrogens is 463 g/mol. The van der Waals surface area contributed by atoms with Crippen molar-refractivity contribution in [3.63, 3.8) is 0 Å². The summed E-state index contributed by atoms with van der Waals surface area (Å²) in [7, 11) is -0.568. The molecule has 180 valence electrons. The molecule has 0 heterocycles. The van der Waals surface area contributed by atoms with Crippen LogP contribution in [0.4, 0.5) is 11.4 Å². The van der Waals surface area contributed by atoms with E-state index < -0.39 is 34.9 Å². The maximum absolute atomic E-state index is 12.5. The van der Waals surface area contributed by atoms with Gasteiger partial charge in [-0.2, -0.15) is 0 Å². The molecule has 4 rings (SSSR count). The Hall–Kier alpha value is -2.14. The zero-order valence-electron chi connectivity index (χ0n) is 20.2. The molecule has 1 unspecified atom stereocenters. The molecule has 0 aromatic heterocycles. The maximum atomic E-state index is 12.5. The highest BCUT2D eigenvalue weighted by molar-refractivity contribution is 7.94. The van der Waals surface area contributed by atoms with Crippen molar-refractivity contribution < 1.29 is 4.55 Å².